The molecule has 2 heterocycles. The van der Waals surface area contributed by atoms with E-state index in [-0.39, 0.29) is 29.7 Å². The van der Waals surface area contributed by atoms with Crippen molar-refractivity contribution in [3.05, 3.63) is 118 Å². The average Bonchev–Trinajstić information content (AvgIpc) is 3.09. The van der Waals surface area contributed by atoms with Gasteiger partial charge in [0.1, 0.15) is 30.2 Å². The second kappa shape index (κ2) is 15.5. The molecular formula is C36H32Cl2N4O6. The summed E-state index contributed by atoms with van der Waals surface area (Å²) in [4.78, 5) is 35.8. The summed E-state index contributed by atoms with van der Waals surface area (Å²) in [5, 5.41) is 13.7. The first kappa shape index (κ1) is 34.0. The molecular weight excluding hydrogens is 655 g/mol. The predicted molar refractivity (Wildman–Crippen MR) is 186 cm³/mol. The number of carbonyl (C=O) groups is 2. The number of para-hydroxylation sites is 1. The van der Waals surface area contributed by atoms with Gasteiger partial charge < -0.3 is 29.5 Å². The van der Waals surface area contributed by atoms with Crippen molar-refractivity contribution in [1.82, 2.24) is 15.3 Å². The minimum atomic E-state index is -0.482. The van der Waals surface area contributed by atoms with Gasteiger partial charge >= 0.3 is 0 Å². The van der Waals surface area contributed by atoms with Gasteiger partial charge in [0.2, 0.25) is 11.8 Å². The Balaban J connectivity index is 1.26. The van der Waals surface area contributed by atoms with Crippen molar-refractivity contribution in [3.63, 3.8) is 0 Å². The monoisotopic (exact) mass is 686 g/mol. The summed E-state index contributed by atoms with van der Waals surface area (Å²) in [6.45, 7) is 1.88. The molecule has 0 fully saturated rings. The standard InChI is InChI=1S/C36H32Cl2N4O6/c1-22-17-31(47-20-24-7-4-5-16-39-24)25-8-6-9-30(36(25)41-22)48-21-26-27(37)12-13-28(35(26)38)42(2)34(45)19-40-33(44)15-11-23-10-14-29(43)32(18-23)46-3/h4-18,43H,19-21H2,1-3H3,(H,40,44)/b15-11+. The first-order valence-electron chi connectivity index (χ1n) is 14.8. The maximum absolute atomic E-state index is 13.0. The van der Waals surface area contributed by atoms with Crippen molar-refractivity contribution in [1.29, 1.82) is 0 Å². The number of nitrogens with zero attached hydrogens (tertiary/aromatic N) is 3. The van der Waals surface area contributed by atoms with E-state index in [0.717, 1.165) is 16.8 Å². The van der Waals surface area contributed by atoms with E-state index in [9.17, 15) is 14.7 Å². The van der Waals surface area contributed by atoms with Crippen LogP contribution in [-0.4, -0.2) is 47.6 Å². The number of methoxy groups -OCH3 is 1. The quantitative estimate of drug-likeness (QED) is 0.136. The van der Waals surface area contributed by atoms with E-state index < -0.39 is 11.8 Å². The maximum Gasteiger partial charge on any atom is 0.246 e. The average molecular weight is 688 g/mol. The summed E-state index contributed by atoms with van der Waals surface area (Å²) < 4.78 is 17.4. The number of hydrogen-bond donors (Lipinski definition) is 2. The van der Waals surface area contributed by atoms with Crippen LogP contribution in [0.3, 0.4) is 0 Å². The first-order valence-corrected chi connectivity index (χ1v) is 15.5. The highest BCUT2D eigenvalue weighted by Crippen LogP contribution is 2.37. The van der Waals surface area contributed by atoms with Gasteiger partial charge in [0, 0.05) is 47.1 Å². The lowest BCUT2D eigenvalue weighted by atomic mass is 10.1. The van der Waals surface area contributed by atoms with Crippen LogP contribution in [0.4, 0.5) is 5.69 Å². The van der Waals surface area contributed by atoms with Gasteiger partial charge in [-0.15, -0.1) is 0 Å². The van der Waals surface area contributed by atoms with Crippen LogP contribution in [0.25, 0.3) is 17.0 Å². The Hall–Kier alpha value is -5.32. The topological polar surface area (TPSA) is 123 Å². The molecule has 0 spiro atoms. The summed E-state index contributed by atoms with van der Waals surface area (Å²) in [5.41, 5.74) is 3.65. The largest absolute Gasteiger partial charge is 0.504 e. The molecule has 12 heteroatoms. The molecule has 48 heavy (non-hydrogen) atoms. The third-order valence-electron chi connectivity index (χ3n) is 7.31. The summed E-state index contributed by atoms with van der Waals surface area (Å²) >= 11 is 13.3. The van der Waals surface area contributed by atoms with Gasteiger partial charge in [-0.1, -0.05) is 41.4 Å². The minimum absolute atomic E-state index is 0.00399. The Morgan fingerprint density at radius 2 is 1.77 bits per heavy atom. The highest BCUT2D eigenvalue weighted by Gasteiger charge is 2.20. The van der Waals surface area contributed by atoms with Crippen LogP contribution in [0, 0.1) is 6.92 Å². The predicted octanol–water partition coefficient (Wildman–Crippen LogP) is 6.91. The number of nitrogens with one attached hydrogen (secondary N) is 1. The molecule has 5 rings (SSSR count). The number of phenolic OH excluding ortho intramolecular Hbond substituents is 1. The van der Waals surface area contributed by atoms with Gasteiger partial charge in [-0.05, 0) is 67.1 Å². The molecule has 0 radical (unpaired) electrons. The number of amides is 2. The van der Waals surface area contributed by atoms with Crippen molar-refractivity contribution in [2.45, 2.75) is 20.1 Å². The Kier molecular flexibility index (Phi) is 11.0. The van der Waals surface area contributed by atoms with E-state index in [1.165, 1.54) is 30.2 Å². The Morgan fingerprint density at radius 1 is 0.958 bits per heavy atom. The second-order valence-corrected chi connectivity index (χ2v) is 11.4. The lowest BCUT2D eigenvalue weighted by molar-refractivity contribution is -0.122. The number of aromatic hydroxyl groups is 1. The first-order chi connectivity index (χ1) is 23.1. The molecule has 0 aliphatic carbocycles. The number of rotatable bonds is 12. The highest BCUT2D eigenvalue weighted by atomic mass is 35.5. The Bertz CT molecular complexity index is 1990. The zero-order valence-corrected chi connectivity index (χ0v) is 27.9. The number of aryl methyl sites for hydroxylation is 1. The lowest BCUT2D eigenvalue weighted by Crippen LogP contribution is -2.37. The summed E-state index contributed by atoms with van der Waals surface area (Å²) in [6, 6.07) is 21.0. The molecule has 0 saturated heterocycles. The molecule has 2 amide bonds. The molecule has 2 N–H and O–H groups in total. The number of benzene rings is 3. The van der Waals surface area contributed by atoms with E-state index in [2.05, 4.69) is 10.3 Å². The van der Waals surface area contributed by atoms with Gasteiger partial charge in [-0.25, -0.2) is 4.98 Å². The fraction of sp³-hybridized carbons (Fsp3) is 0.167. The highest BCUT2D eigenvalue weighted by molar-refractivity contribution is 6.38. The Morgan fingerprint density at radius 3 is 2.54 bits per heavy atom. The summed E-state index contributed by atoms with van der Waals surface area (Å²) in [7, 11) is 2.98. The van der Waals surface area contributed by atoms with Crippen molar-refractivity contribution < 1.29 is 28.9 Å². The maximum atomic E-state index is 13.0. The van der Waals surface area contributed by atoms with Crippen LogP contribution in [0.2, 0.25) is 10.0 Å². The number of hydrogen-bond acceptors (Lipinski definition) is 8. The van der Waals surface area contributed by atoms with Crippen molar-refractivity contribution in [2.24, 2.45) is 0 Å². The van der Waals surface area contributed by atoms with Gasteiger partial charge in [0.15, 0.2) is 11.5 Å². The molecule has 0 saturated carbocycles. The molecule has 0 aliphatic heterocycles. The zero-order valence-electron chi connectivity index (χ0n) is 26.4. The van der Waals surface area contributed by atoms with Crippen molar-refractivity contribution >= 4 is 57.7 Å². The van der Waals surface area contributed by atoms with E-state index in [1.54, 1.807) is 43.6 Å². The third kappa shape index (κ3) is 8.14. The van der Waals surface area contributed by atoms with E-state index >= 15 is 0 Å². The summed E-state index contributed by atoms with van der Waals surface area (Å²) in [5.74, 6) is 0.521. The smallest absolute Gasteiger partial charge is 0.246 e. The van der Waals surface area contributed by atoms with E-state index in [1.807, 2.05) is 43.3 Å². The van der Waals surface area contributed by atoms with Crippen LogP contribution in [0.15, 0.2) is 85.1 Å². The third-order valence-corrected chi connectivity index (χ3v) is 8.09. The number of anilines is 1. The normalized spacial score (nSPS) is 11.0. The SMILES string of the molecule is COc1cc(/C=C/C(=O)NCC(=O)N(C)c2ccc(Cl)c(COc3cccc4c(OCc5ccccn5)cc(C)nc34)c2Cl)ccc1O. The van der Waals surface area contributed by atoms with Gasteiger partial charge in [0.25, 0.3) is 0 Å². The van der Waals surface area contributed by atoms with Crippen LogP contribution < -0.4 is 24.4 Å². The second-order valence-electron chi connectivity index (χ2n) is 10.6. The van der Waals surface area contributed by atoms with E-state index in [4.69, 9.17) is 42.4 Å². The van der Waals surface area contributed by atoms with Crippen molar-refractivity contribution in [3.8, 4) is 23.0 Å². The summed E-state index contributed by atoms with van der Waals surface area (Å²) in [6.07, 6.45) is 4.54. The van der Waals surface area contributed by atoms with Crippen LogP contribution in [0.1, 0.15) is 22.5 Å². The van der Waals surface area contributed by atoms with Gasteiger partial charge in [-0.3, -0.25) is 14.6 Å². The van der Waals surface area contributed by atoms with Crippen LogP contribution in [0.5, 0.6) is 23.0 Å². The fourth-order valence-corrected chi connectivity index (χ4v) is 5.36. The molecule has 0 atom stereocenters. The lowest BCUT2D eigenvalue weighted by Gasteiger charge is -2.21. The molecule has 10 nitrogen and oxygen atoms in total. The van der Waals surface area contributed by atoms with Crippen molar-refractivity contribution in [2.75, 3.05) is 25.6 Å². The number of carbonyl (C=O) groups excluding carboxylic acids is 2. The van der Waals surface area contributed by atoms with Crippen LogP contribution in [-0.2, 0) is 22.8 Å². The molecule has 3 aromatic carbocycles. The number of fused-ring (bicyclic) bond motifs is 1. The van der Waals surface area contributed by atoms with Gasteiger partial charge in [-0.2, -0.15) is 0 Å². The number of likely N-dealkylation sites (N-methyl/N-ethyl adjacent to an activating group) is 1. The van der Waals surface area contributed by atoms with Crippen LogP contribution >= 0.6 is 23.2 Å². The number of pyridine rings is 2. The number of aromatic nitrogens is 2. The number of ether oxygens (including phenoxy) is 3. The van der Waals surface area contributed by atoms with E-state index in [0.29, 0.717) is 45.5 Å². The zero-order chi connectivity index (χ0) is 34.2. The fourth-order valence-electron chi connectivity index (χ4n) is 4.75. The molecule has 5 aromatic rings. The molecule has 0 bridgehead atoms. The number of halogens is 2. The number of phenols is 1. The molecule has 2 aromatic heterocycles. The molecule has 0 unspecified atom stereocenters. The Labute approximate surface area is 287 Å². The minimum Gasteiger partial charge on any atom is -0.504 e. The van der Waals surface area contributed by atoms with Gasteiger partial charge in [0.05, 0.1) is 30.1 Å². The molecule has 246 valence electrons. The molecule has 0 aliphatic rings.